The van der Waals surface area contributed by atoms with Crippen molar-refractivity contribution in [2.75, 3.05) is 13.2 Å². The molecule has 6 nitrogen and oxygen atoms in total. The van der Waals surface area contributed by atoms with Gasteiger partial charge in [0.25, 0.3) is 0 Å². The summed E-state index contributed by atoms with van der Waals surface area (Å²) in [6, 6.07) is 0. The van der Waals surface area contributed by atoms with E-state index in [9.17, 15) is 9.59 Å². The molecule has 8 unspecified atom stereocenters. The second-order valence-electron chi connectivity index (χ2n) is 16.3. The van der Waals surface area contributed by atoms with Crippen LogP contribution in [0.2, 0.25) is 0 Å². The fourth-order valence-corrected chi connectivity index (χ4v) is 11.9. The first-order valence-corrected chi connectivity index (χ1v) is 19.3. The Kier molecular flexibility index (Phi) is 10.6. The smallest absolute Gasteiger partial charge is 0.330 e. The van der Waals surface area contributed by atoms with Crippen LogP contribution in [0, 0.1) is 53.3 Å². The molecule has 7 fully saturated rings. The van der Waals surface area contributed by atoms with E-state index in [1.54, 1.807) is 0 Å². The summed E-state index contributed by atoms with van der Waals surface area (Å²) in [5.74, 6) is 5.59. The highest BCUT2D eigenvalue weighted by molar-refractivity contribution is 5.81. The van der Waals surface area contributed by atoms with Gasteiger partial charge in [-0.15, -0.1) is 0 Å². The number of rotatable bonds is 5. The van der Waals surface area contributed by atoms with E-state index in [0.29, 0.717) is 49.1 Å². The van der Waals surface area contributed by atoms with Gasteiger partial charge in [0.15, 0.2) is 0 Å². The van der Waals surface area contributed by atoms with E-state index in [1.165, 1.54) is 83.1 Å². The van der Waals surface area contributed by atoms with Gasteiger partial charge < -0.3 is 18.9 Å². The summed E-state index contributed by atoms with van der Waals surface area (Å²) in [5.41, 5.74) is 0. The first-order chi connectivity index (χ1) is 22.1. The van der Waals surface area contributed by atoms with E-state index >= 15 is 0 Å². The van der Waals surface area contributed by atoms with Gasteiger partial charge in [0.2, 0.25) is 0 Å². The molecule has 0 amide bonds. The molecule has 7 rings (SSSR count). The molecule has 1 saturated heterocycles. The number of fused-ring (bicyclic) bond motifs is 7. The van der Waals surface area contributed by atoms with Crippen molar-refractivity contribution in [2.45, 2.75) is 153 Å². The first kappa shape index (κ1) is 32.2. The summed E-state index contributed by atoms with van der Waals surface area (Å²) in [6.07, 6.45) is 25.9. The van der Waals surface area contributed by atoms with E-state index in [-0.39, 0.29) is 30.1 Å². The Morgan fingerprint density at radius 1 is 0.533 bits per heavy atom. The van der Waals surface area contributed by atoms with Crippen LogP contribution < -0.4 is 0 Å². The Balaban J connectivity index is 0.956. The maximum absolute atomic E-state index is 13.6. The fraction of sp³-hybridized carbons (Fsp3) is 0.897. The van der Waals surface area contributed by atoms with Gasteiger partial charge >= 0.3 is 11.9 Å². The molecule has 0 aromatic heterocycles. The van der Waals surface area contributed by atoms with Crippen LogP contribution in [0.4, 0.5) is 0 Å². The van der Waals surface area contributed by atoms with Gasteiger partial charge in [-0.1, -0.05) is 45.1 Å². The van der Waals surface area contributed by atoms with Gasteiger partial charge in [-0.25, -0.2) is 4.79 Å². The molecule has 0 spiro atoms. The molecule has 0 aromatic carbocycles. The Morgan fingerprint density at radius 2 is 1.02 bits per heavy atom. The summed E-state index contributed by atoms with van der Waals surface area (Å²) in [5, 5.41) is 0. The molecule has 7 aliphatic rings. The van der Waals surface area contributed by atoms with Crippen molar-refractivity contribution >= 4 is 11.9 Å². The van der Waals surface area contributed by atoms with E-state index in [1.807, 2.05) is 0 Å². The zero-order valence-electron chi connectivity index (χ0n) is 27.8. The SMILES string of the molecule is C=CC(=O)OC1CCC(C2CCC(C(=O)OC3COC4CCC5CCCCC5C4C4C(CCC5CCCCC54)OC3)CC2)CC1. The number of hydrogen-bond donors (Lipinski definition) is 0. The zero-order chi connectivity index (χ0) is 30.8. The summed E-state index contributed by atoms with van der Waals surface area (Å²) >= 11 is 0. The molecule has 6 saturated carbocycles. The van der Waals surface area contributed by atoms with E-state index < -0.39 is 0 Å². The lowest BCUT2D eigenvalue weighted by molar-refractivity contribution is -0.165. The second kappa shape index (κ2) is 14.8. The van der Waals surface area contributed by atoms with Gasteiger partial charge in [0.05, 0.1) is 31.3 Å². The fourth-order valence-electron chi connectivity index (χ4n) is 11.9. The maximum atomic E-state index is 13.6. The summed E-state index contributed by atoms with van der Waals surface area (Å²) in [7, 11) is 0. The molecular formula is C39H60O6. The van der Waals surface area contributed by atoms with Crippen LogP contribution >= 0.6 is 0 Å². The predicted octanol–water partition coefficient (Wildman–Crippen LogP) is 8.21. The number of hydrogen-bond acceptors (Lipinski definition) is 6. The molecule has 0 N–H and O–H groups in total. The van der Waals surface area contributed by atoms with Crippen LogP contribution in [0.5, 0.6) is 0 Å². The van der Waals surface area contributed by atoms with Gasteiger partial charge in [-0.2, -0.15) is 0 Å². The largest absolute Gasteiger partial charge is 0.459 e. The number of esters is 2. The van der Waals surface area contributed by atoms with Gasteiger partial charge in [0.1, 0.15) is 12.2 Å². The van der Waals surface area contributed by atoms with Crippen LogP contribution in [-0.2, 0) is 28.5 Å². The molecule has 1 aliphatic heterocycles. The lowest BCUT2D eigenvalue weighted by Crippen LogP contribution is -2.53. The number of carbonyl (C=O) groups excluding carboxylic acids is 2. The summed E-state index contributed by atoms with van der Waals surface area (Å²) < 4.78 is 25.6. The lowest BCUT2D eigenvalue weighted by atomic mass is 9.53. The minimum Gasteiger partial charge on any atom is -0.459 e. The highest BCUT2D eigenvalue weighted by atomic mass is 16.6. The Morgan fingerprint density at radius 3 is 1.56 bits per heavy atom. The van der Waals surface area contributed by atoms with Crippen molar-refractivity contribution in [3.05, 3.63) is 12.7 Å². The molecular weight excluding hydrogens is 564 g/mol. The topological polar surface area (TPSA) is 71.1 Å². The molecule has 8 atom stereocenters. The monoisotopic (exact) mass is 624 g/mol. The van der Waals surface area contributed by atoms with Crippen LogP contribution in [0.1, 0.15) is 128 Å². The molecule has 0 aromatic rings. The van der Waals surface area contributed by atoms with Gasteiger partial charge in [0, 0.05) is 6.08 Å². The first-order valence-electron chi connectivity index (χ1n) is 19.3. The average Bonchev–Trinajstić information content (AvgIpc) is 3.16. The average molecular weight is 625 g/mol. The molecule has 6 heteroatoms. The van der Waals surface area contributed by atoms with Crippen LogP contribution in [0.15, 0.2) is 12.7 Å². The van der Waals surface area contributed by atoms with Gasteiger partial charge in [-0.05, 0) is 137 Å². The third kappa shape index (κ3) is 7.22. The Labute approximate surface area is 272 Å². The molecule has 1 heterocycles. The van der Waals surface area contributed by atoms with Crippen LogP contribution in [0.25, 0.3) is 0 Å². The molecule has 252 valence electrons. The Bertz CT molecular complexity index is 969. The molecule has 0 bridgehead atoms. The lowest BCUT2D eigenvalue weighted by Gasteiger charge is -2.55. The molecule has 0 radical (unpaired) electrons. The minimum atomic E-state index is -0.305. The second-order valence-corrected chi connectivity index (χ2v) is 16.3. The van der Waals surface area contributed by atoms with E-state index in [4.69, 9.17) is 18.9 Å². The van der Waals surface area contributed by atoms with Crippen molar-refractivity contribution in [3.63, 3.8) is 0 Å². The van der Waals surface area contributed by atoms with Crippen molar-refractivity contribution in [2.24, 2.45) is 53.3 Å². The van der Waals surface area contributed by atoms with Crippen molar-refractivity contribution < 1.29 is 28.5 Å². The standard InChI is InChI=1S/C39H60O6/c1-2-36(40)44-30-19-15-26(16-20-30)25-11-13-29(14-12-25)39(41)45-31-23-42-34-21-17-27-7-3-5-9-32(27)37(34)38-33-10-6-4-8-28(33)18-22-35(38)43-24-31/h2,25-35,37-38H,1,3-24H2. The third-order valence-corrected chi connectivity index (χ3v) is 14.1. The van der Waals surface area contributed by atoms with E-state index in [2.05, 4.69) is 6.58 Å². The third-order valence-electron chi connectivity index (χ3n) is 14.1. The van der Waals surface area contributed by atoms with Crippen LogP contribution in [-0.4, -0.2) is 49.6 Å². The minimum absolute atomic E-state index is 0.00499. The summed E-state index contributed by atoms with van der Waals surface area (Å²) in [4.78, 5) is 25.1. The van der Waals surface area contributed by atoms with Crippen molar-refractivity contribution in [1.82, 2.24) is 0 Å². The highest BCUT2D eigenvalue weighted by Gasteiger charge is 2.53. The zero-order valence-corrected chi connectivity index (χ0v) is 27.8. The predicted molar refractivity (Wildman–Crippen MR) is 173 cm³/mol. The Hall–Kier alpha value is -1.40. The van der Waals surface area contributed by atoms with Crippen LogP contribution in [0.3, 0.4) is 0 Å². The van der Waals surface area contributed by atoms with Crippen molar-refractivity contribution in [3.8, 4) is 0 Å². The quantitative estimate of drug-likeness (QED) is 0.227. The van der Waals surface area contributed by atoms with Crippen molar-refractivity contribution in [1.29, 1.82) is 0 Å². The molecule has 6 aliphatic carbocycles. The number of carbonyl (C=O) groups is 2. The normalized spacial score (nSPS) is 45.5. The van der Waals surface area contributed by atoms with E-state index in [0.717, 1.165) is 75.0 Å². The highest BCUT2D eigenvalue weighted by Crippen LogP contribution is 2.56. The van der Waals surface area contributed by atoms with Gasteiger partial charge in [-0.3, -0.25) is 4.79 Å². The molecule has 45 heavy (non-hydrogen) atoms. The maximum Gasteiger partial charge on any atom is 0.330 e. The summed E-state index contributed by atoms with van der Waals surface area (Å²) in [6.45, 7) is 4.50. The number of ether oxygens (including phenoxy) is 4.